The van der Waals surface area contributed by atoms with E-state index in [4.69, 9.17) is 4.84 Å². The molecule has 32 heavy (non-hydrogen) atoms. The maximum atomic E-state index is 11.8. The van der Waals surface area contributed by atoms with Crippen LogP contribution < -0.4 is 0 Å². The minimum atomic E-state index is -0.521. The van der Waals surface area contributed by atoms with Crippen molar-refractivity contribution in [2.45, 2.75) is 136 Å². The molecule has 0 saturated heterocycles. The van der Waals surface area contributed by atoms with E-state index in [-0.39, 0.29) is 16.2 Å². The third kappa shape index (κ3) is 2.62. The lowest BCUT2D eigenvalue weighted by atomic mass is 9.27. The lowest BCUT2D eigenvalue weighted by molar-refractivity contribution is -0.787. The molecule has 0 spiro atoms. The summed E-state index contributed by atoms with van der Waals surface area (Å²) in [6, 6.07) is 0. The smallest absolute Gasteiger partial charge is 0.295 e. The summed E-state index contributed by atoms with van der Waals surface area (Å²) in [5.74, 6) is 0.890. The second kappa shape index (κ2) is 6.25. The van der Waals surface area contributed by atoms with Crippen molar-refractivity contribution in [3.8, 4) is 0 Å². The third-order valence-electron chi connectivity index (χ3n) is 12.9. The maximum Gasteiger partial charge on any atom is 0.295 e. The van der Waals surface area contributed by atoms with Crippen LogP contribution in [0, 0.1) is 48.5 Å². The van der Waals surface area contributed by atoms with Crippen molar-refractivity contribution in [2.75, 3.05) is 0 Å². The second-order valence-electron chi connectivity index (χ2n) is 14.5. The molecule has 4 heteroatoms. The first-order valence-electron chi connectivity index (χ1n) is 13.9. The molecular formula is C28H45NO3. The summed E-state index contributed by atoms with van der Waals surface area (Å²) in [6.07, 6.45) is 20.3. The van der Waals surface area contributed by atoms with E-state index in [1.165, 1.54) is 70.6 Å². The highest BCUT2D eigenvalue weighted by Crippen LogP contribution is 2.84. The highest BCUT2D eigenvalue weighted by atomic mass is 17.0. The molecule has 0 aliphatic heterocycles. The van der Waals surface area contributed by atoms with Gasteiger partial charge < -0.3 is 4.84 Å². The number of hydrogen-bond acceptors (Lipinski definition) is 3. The summed E-state index contributed by atoms with van der Waals surface area (Å²) in [4.78, 5) is 17.6. The molecule has 0 radical (unpaired) electrons. The molecule has 0 aromatic carbocycles. The Balaban J connectivity index is 1.51. The van der Waals surface area contributed by atoms with Crippen LogP contribution in [0.1, 0.15) is 130 Å². The molecule has 180 valence electrons. The molecule has 8 saturated carbocycles. The topological polar surface area (TPSA) is 52.4 Å². The van der Waals surface area contributed by atoms with Crippen molar-refractivity contribution >= 4 is 0 Å². The van der Waals surface area contributed by atoms with Gasteiger partial charge in [0.1, 0.15) is 5.60 Å². The minimum absolute atomic E-state index is 0.253. The fraction of sp³-hybridized carbons (Fsp3) is 1.00. The van der Waals surface area contributed by atoms with Crippen molar-refractivity contribution < 1.29 is 9.92 Å². The second-order valence-corrected chi connectivity index (χ2v) is 14.5. The van der Waals surface area contributed by atoms with Crippen LogP contribution in [0.25, 0.3) is 0 Å². The zero-order valence-electron chi connectivity index (χ0n) is 21.1. The number of nitrogens with zero attached hydrogens (tertiary/aromatic N) is 1. The maximum absolute atomic E-state index is 11.8. The van der Waals surface area contributed by atoms with Gasteiger partial charge in [-0.3, -0.25) is 0 Å². The Morgan fingerprint density at radius 1 is 0.656 bits per heavy atom. The summed E-state index contributed by atoms with van der Waals surface area (Å²) in [5.41, 5.74) is 1.71. The van der Waals surface area contributed by atoms with Gasteiger partial charge in [-0.25, -0.2) is 0 Å². The van der Waals surface area contributed by atoms with E-state index in [1.54, 1.807) is 0 Å². The molecule has 0 heterocycles. The van der Waals surface area contributed by atoms with Gasteiger partial charge in [-0.1, -0.05) is 53.4 Å². The quantitative estimate of drug-likeness (QED) is 0.297. The van der Waals surface area contributed by atoms with Gasteiger partial charge in [-0.2, -0.15) is 0 Å². The molecule has 0 aromatic rings. The van der Waals surface area contributed by atoms with Gasteiger partial charge >= 0.3 is 0 Å². The molecule has 0 amide bonds. The summed E-state index contributed by atoms with van der Waals surface area (Å²) in [6.45, 7) is 9.65. The lowest BCUT2D eigenvalue weighted by Gasteiger charge is -2.78. The van der Waals surface area contributed by atoms with Crippen molar-refractivity contribution in [2.24, 2.45) is 38.4 Å². The van der Waals surface area contributed by atoms with Crippen LogP contribution in [0.15, 0.2) is 0 Å². The number of rotatable bonds is 7. The Morgan fingerprint density at radius 2 is 1.12 bits per heavy atom. The minimum Gasteiger partial charge on any atom is -0.307 e. The van der Waals surface area contributed by atoms with E-state index in [0.717, 1.165) is 38.0 Å². The van der Waals surface area contributed by atoms with Gasteiger partial charge in [0.2, 0.25) is 0 Å². The molecule has 4 nitrogen and oxygen atoms in total. The van der Waals surface area contributed by atoms with Crippen molar-refractivity contribution in [1.82, 2.24) is 0 Å². The van der Waals surface area contributed by atoms with Gasteiger partial charge in [0.05, 0.1) is 0 Å². The van der Waals surface area contributed by atoms with Gasteiger partial charge in [0, 0.05) is 0 Å². The highest BCUT2D eigenvalue weighted by molar-refractivity contribution is 5.25. The van der Waals surface area contributed by atoms with Crippen molar-refractivity contribution in [3.05, 3.63) is 10.1 Å². The highest BCUT2D eigenvalue weighted by Gasteiger charge is 2.76. The molecule has 0 aromatic heterocycles. The average molecular weight is 444 g/mol. The SMILES string of the molecule is CCC12CC3CC(CC)(C1)CC(C14CC5(CC)CC(CC)(CC(O[N+](=O)[O-])(C5)C1)C4)(C3)C2. The number of hydrogen-bond donors (Lipinski definition) is 0. The standard InChI is InChI=1S/C28H45NO3/c1-5-22-9-21-10-23(6-2,12-22)15-26(11-21,14-22)27-16-24(7-3)13-25(8-4,17-27)19-28(18-24,20-27)32-29(30)31/h21H,5-20H2,1-4H3. The van der Waals surface area contributed by atoms with E-state index in [0.29, 0.717) is 16.2 Å². The fourth-order valence-electron chi connectivity index (χ4n) is 12.8. The zero-order valence-corrected chi connectivity index (χ0v) is 21.1. The Bertz CT molecular complexity index is 795. The third-order valence-corrected chi connectivity index (χ3v) is 12.9. The lowest BCUT2D eigenvalue weighted by Crippen LogP contribution is -2.72. The van der Waals surface area contributed by atoms with Gasteiger partial charge in [-0.15, -0.1) is 10.1 Å². The van der Waals surface area contributed by atoms with Crippen molar-refractivity contribution in [3.63, 3.8) is 0 Å². The van der Waals surface area contributed by atoms with E-state index < -0.39 is 10.7 Å². The largest absolute Gasteiger partial charge is 0.307 e. The van der Waals surface area contributed by atoms with Crippen molar-refractivity contribution in [1.29, 1.82) is 0 Å². The first-order chi connectivity index (χ1) is 15.1. The molecule has 8 aliphatic rings. The summed E-state index contributed by atoms with van der Waals surface area (Å²) in [7, 11) is 0. The van der Waals surface area contributed by atoms with Crippen LogP contribution >= 0.6 is 0 Å². The van der Waals surface area contributed by atoms with E-state index in [2.05, 4.69) is 27.7 Å². The molecule has 8 bridgehead atoms. The molecule has 8 aliphatic carbocycles. The molecular weight excluding hydrogens is 398 g/mol. The molecule has 4 atom stereocenters. The van der Waals surface area contributed by atoms with Crippen LogP contribution in [0.2, 0.25) is 0 Å². The Hall–Kier alpha value is -0.800. The molecule has 8 fully saturated rings. The predicted molar refractivity (Wildman–Crippen MR) is 125 cm³/mol. The summed E-state index contributed by atoms with van der Waals surface area (Å²) in [5, 5.41) is 11.4. The Labute approximate surface area is 194 Å². The first kappa shape index (κ1) is 21.7. The van der Waals surface area contributed by atoms with Crippen LogP contribution in [0.5, 0.6) is 0 Å². The molecule has 0 N–H and O–H groups in total. The summed E-state index contributed by atoms with van der Waals surface area (Å²) < 4.78 is 0. The van der Waals surface area contributed by atoms with Crippen LogP contribution in [0.3, 0.4) is 0 Å². The van der Waals surface area contributed by atoms with Crippen LogP contribution in [-0.2, 0) is 4.84 Å². The van der Waals surface area contributed by atoms with Crippen LogP contribution in [0.4, 0.5) is 0 Å². The van der Waals surface area contributed by atoms with Gasteiger partial charge in [0.15, 0.2) is 0 Å². The molecule has 4 unspecified atom stereocenters. The monoisotopic (exact) mass is 443 g/mol. The first-order valence-corrected chi connectivity index (χ1v) is 13.9. The summed E-state index contributed by atoms with van der Waals surface area (Å²) >= 11 is 0. The van der Waals surface area contributed by atoms with Crippen LogP contribution in [-0.4, -0.2) is 10.7 Å². The normalized spacial score (nSPS) is 57.2. The molecule has 8 rings (SSSR count). The van der Waals surface area contributed by atoms with E-state index >= 15 is 0 Å². The van der Waals surface area contributed by atoms with E-state index in [1.807, 2.05) is 0 Å². The zero-order chi connectivity index (χ0) is 22.7. The van der Waals surface area contributed by atoms with E-state index in [9.17, 15) is 10.1 Å². The Kier molecular flexibility index (Phi) is 4.24. The fourth-order valence-corrected chi connectivity index (χ4v) is 12.8. The predicted octanol–water partition coefficient (Wildman–Crippen LogP) is 7.87. The van der Waals surface area contributed by atoms with Gasteiger partial charge in [0.25, 0.3) is 5.09 Å². The average Bonchev–Trinajstić information content (AvgIpc) is 2.71. The Morgan fingerprint density at radius 3 is 1.59 bits per heavy atom. The van der Waals surface area contributed by atoms with Gasteiger partial charge in [-0.05, 0) is 115 Å².